The van der Waals surface area contributed by atoms with E-state index in [1.165, 1.54) is 6.26 Å². The minimum atomic E-state index is -3.00. The maximum atomic E-state index is 11.2. The van der Waals surface area contributed by atoms with E-state index in [1.807, 2.05) is 0 Å². The van der Waals surface area contributed by atoms with Crippen LogP contribution in [0.15, 0.2) is 24.5 Å². The van der Waals surface area contributed by atoms with E-state index < -0.39 is 9.84 Å². The summed E-state index contributed by atoms with van der Waals surface area (Å²) in [6.07, 6.45) is 4.38. The number of nitrogens with zero attached hydrogens (tertiary/aromatic N) is 3. The Balaban J connectivity index is 2.17. The first kappa shape index (κ1) is 12.7. The second kappa shape index (κ2) is 4.85. The van der Waals surface area contributed by atoms with Crippen molar-refractivity contribution in [1.29, 1.82) is 0 Å². The van der Waals surface area contributed by atoms with Gasteiger partial charge in [-0.05, 0) is 19.1 Å². The lowest BCUT2D eigenvalue weighted by molar-refractivity contribution is 0.598. The fraction of sp³-hybridized carbons (Fsp3) is 0.364. The average molecular weight is 266 g/mol. The van der Waals surface area contributed by atoms with Gasteiger partial charge in [-0.2, -0.15) is 0 Å². The molecule has 0 amide bonds. The van der Waals surface area contributed by atoms with Gasteiger partial charge in [0, 0.05) is 24.7 Å². The van der Waals surface area contributed by atoms with Crippen molar-refractivity contribution in [3.05, 3.63) is 24.5 Å². The monoisotopic (exact) mass is 266 g/mol. The van der Waals surface area contributed by atoms with E-state index in [4.69, 9.17) is 0 Å². The highest BCUT2D eigenvalue weighted by atomic mass is 32.2. The van der Waals surface area contributed by atoms with Gasteiger partial charge in [-0.3, -0.25) is 4.98 Å². The molecule has 0 bridgehead atoms. The molecule has 2 aromatic heterocycles. The topological polar surface area (TPSA) is 84.8 Å². The van der Waals surface area contributed by atoms with Crippen LogP contribution in [0.25, 0.3) is 11.2 Å². The predicted molar refractivity (Wildman–Crippen MR) is 70.1 cm³/mol. The van der Waals surface area contributed by atoms with Crippen LogP contribution in [0.4, 0.5) is 5.82 Å². The highest BCUT2D eigenvalue weighted by molar-refractivity contribution is 7.90. The highest BCUT2D eigenvalue weighted by Gasteiger charge is 2.11. The summed E-state index contributed by atoms with van der Waals surface area (Å²) in [6.45, 7) is 1.80. The number of fused-ring (bicyclic) bond motifs is 1. The lowest BCUT2D eigenvalue weighted by Crippen LogP contribution is -2.25. The van der Waals surface area contributed by atoms with Crippen molar-refractivity contribution in [3.8, 4) is 0 Å². The molecule has 0 fully saturated rings. The SMILES string of the molecule is CC(CS(C)(=O)=O)Nc1ccc2nccnc2n1. The molecular weight excluding hydrogens is 252 g/mol. The van der Waals surface area contributed by atoms with Crippen LogP contribution in [0.2, 0.25) is 0 Å². The Morgan fingerprint density at radius 1 is 1.28 bits per heavy atom. The quantitative estimate of drug-likeness (QED) is 0.884. The summed E-state index contributed by atoms with van der Waals surface area (Å²) in [5.74, 6) is 0.659. The first-order chi connectivity index (χ1) is 8.44. The van der Waals surface area contributed by atoms with Crippen molar-refractivity contribution in [2.45, 2.75) is 13.0 Å². The number of sulfone groups is 1. The molecule has 2 heterocycles. The molecule has 0 saturated heterocycles. The second-order valence-corrected chi connectivity index (χ2v) is 6.42. The molecule has 6 nitrogen and oxygen atoms in total. The van der Waals surface area contributed by atoms with E-state index in [-0.39, 0.29) is 11.8 Å². The van der Waals surface area contributed by atoms with Crippen LogP contribution in [-0.2, 0) is 9.84 Å². The van der Waals surface area contributed by atoms with E-state index >= 15 is 0 Å². The highest BCUT2D eigenvalue weighted by Crippen LogP contribution is 2.11. The van der Waals surface area contributed by atoms with E-state index in [1.54, 1.807) is 31.5 Å². The summed E-state index contributed by atoms with van der Waals surface area (Å²) in [5.41, 5.74) is 1.24. The van der Waals surface area contributed by atoms with Crippen molar-refractivity contribution in [2.75, 3.05) is 17.3 Å². The number of pyridine rings is 1. The Morgan fingerprint density at radius 3 is 2.72 bits per heavy atom. The summed E-state index contributed by atoms with van der Waals surface area (Å²) in [5, 5.41) is 3.03. The second-order valence-electron chi connectivity index (χ2n) is 4.23. The number of nitrogens with one attached hydrogen (secondary N) is 1. The van der Waals surface area contributed by atoms with Crippen molar-refractivity contribution in [1.82, 2.24) is 15.0 Å². The van der Waals surface area contributed by atoms with Crippen LogP contribution in [0.5, 0.6) is 0 Å². The summed E-state index contributed by atoms with van der Waals surface area (Å²) < 4.78 is 22.3. The zero-order chi connectivity index (χ0) is 13.2. The normalized spacial score (nSPS) is 13.4. The molecule has 0 aliphatic carbocycles. The number of anilines is 1. The van der Waals surface area contributed by atoms with E-state index in [2.05, 4.69) is 20.3 Å². The van der Waals surface area contributed by atoms with Crippen LogP contribution in [0, 0.1) is 0 Å². The van der Waals surface area contributed by atoms with Gasteiger partial charge in [0.15, 0.2) is 5.65 Å². The zero-order valence-electron chi connectivity index (χ0n) is 10.2. The summed E-state index contributed by atoms with van der Waals surface area (Å²) >= 11 is 0. The standard InChI is InChI=1S/C11H14N4O2S/c1-8(7-18(2,16)17)14-10-4-3-9-11(15-10)13-6-5-12-9/h3-6,8H,7H2,1-2H3,(H,13,14,15). The maximum Gasteiger partial charge on any atom is 0.180 e. The van der Waals surface area contributed by atoms with Gasteiger partial charge < -0.3 is 5.32 Å². The molecule has 1 unspecified atom stereocenters. The Bertz CT molecular complexity index is 657. The van der Waals surface area contributed by atoms with Gasteiger partial charge in [0.1, 0.15) is 21.2 Å². The summed E-state index contributed by atoms with van der Waals surface area (Å²) in [4.78, 5) is 12.5. The molecule has 0 aromatic carbocycles. The fourth-order valence-corrected chi connectivity index (χ4v) is 2.67. The Kier molecular flexibility index (Phi) is 3.42. The van der Waals surface area contributed by atoms with Gasteiger partial charge >= 0.3 is 0 Å². The average Bonchev–Trinajstić information content (AvgIpc) is 2.26. The van der Waals surface area contributed by atoms with Crippen LogP contribution in [-0.4, -0.2) is 41.4 Å². The molecule has 18 heavy (non-hydrogen) atoms. The van der Waals surface area contributed by atoms with Gasteiger partial charge in [-0.15, -0.1) is 0 Å². The number of rotatable bonds is 4. The molecule has 0 aliphatic heterocycles. The van der Waals surface area contributed by atoms with Crippen molar-refractivity contribution < 1.29 is 8.42 Å². The Labute approximate surface area is 105 Å². The maximum absolute atomic E-state index is 11.2. The molecule has 1 N–H and O–H groups in total. The molecule has 1 atom stereocenters. The Morgan fingerprint density at radius 2 is 2.00 bits per heavy atom. The van der Waals surface area contributed by atoms with E-state index in [0.717, 1.165) is 0 Å². The first-order valence-electron chi connectivity index (χ1n) is 5.46. The van der Waals surface area contributed by atoms with Gasteiger partial charge in [-0.1, -0.05) is 0 Å². The largest absolute Gasteiger partial charge is 0.367 e. The van der Waals surface area contributed by atoms with Crippen LogP contribution in [0.3, 0.4) is 0 Å². The molecule has 0 aliphatic rings. The lowest BCUT2D eigenvalue weighted by Gasteiger charge is -2.13. The van der Waals surface area contributed by atoms with Crippen molar-refractivity contribution >= 4 is 26.8 Å². The third-order valence-electron chi connectivity index (χ3n) is 2.28. The van der Waals surface area contributed by atoms with Gasteiger partial charge in [-0.25, -0.2) is 18.4 Å². The third-order valence-corrected chi connectivity index (χ3v) is 3.38. The summed E-state index contributed by atoms with van der Waals surface area (Å²) in [7, 11) is -3.00. The third kappa shape index (κ3) is 3.36. The molecule has 2 rings (SSSR count). The van der Waals surface area contributed by atoms with E-state index in [0.29, 0.717) is 17.0 Å². The van der Waals surface area contributed by atoms with Crippen LogP contribution in [0.1, 0.15) is 6.92 Å². The van der Waals surface area contributed by atoms with Gasteiger partial charge in [0.25, 0.3) is 0 Å². The molecule has 0 radical (unpaired) electrons. The smallest absolute Gasteiger partial charge is 0.180 e. The van der Waals surface area contributed by atoms with Crippen molar-refractivity contribution in [2.24, 2.45) is 0 Å². The molecular formula is C11H14N4O2S. The molecule has 7 heteroatoms. The molecule has 2 aromatic rings. The van der Waals surface area contributed by atoms with Gasteiger partial charge in [0.05, 0.1) is 5.75 Å². The van der Waals surface area contributed by atoms with Crippen LogP contribution < -0.4 is 5.32 Å². The minimum Gasteiger partial charge on any atom is -0.367 e. The van der Waals surface area contributed by atoms with Crippen molar-refractivity contribution in [3.63, 3.8) is 0 Å². The minimum absolute atomic E-state index is 0.0627. The van der Waals surface area contributed by atoms with Gasteiger partial charge in [0.2, 0.25) is 0 Å². The lowest BCUT2D eigenvalue weighted by atomic mass is 10.3. The molecule has 0 spiro atoms. The number of aromatic nitrogens is 3. The first-order valence-corrected chi connectivity index (χ1v) is 7.52. The zero-order valence-corrected chi connectivity index (χ0v) is 11.0. The number of hydrogen-bond acceptors (Lipinski definition) is 6. The molecule has 96 valence electrons. The molecule has 0 saturated carbocycles. The number of hydrogen-bond donors (Lipinski definition) is 1. The summed E-state index contributed by atoms with van der Waals surface area (Å²) in [6, 6.07) is 3.35. The Hall–Kier alpha value is -1.76. The van der Waals surface area contributed by atoms with E-state index in [9.17, 15) is 8.42 Å². The fourth-order valence-electron chi connectivity index (χ4n) is 1.68. The predicted octanol–water partition coefficient (Wildman–Crippen LogP) is 0.870. The van der Waals surface area contributed by atoms with Crippen LogP contribution >= 0.6 is 0 Å².